The zero-order valence-corrected chi connectivity index (χ0v) is 15.1. The number of rotatable bonds is 6. The van der Waals surface area contributed by atoms with Crippen molar-refractivity contribution in [1.82, 2.24) is 5.43 Å². The summed E-state index contributed by atoms with van der Waals surface area (Å²) in [4.78, 5) is 0. The Morgan fingerprint density at radius 2 is 1.76 bits per heavy atom. The summed E-state index contributed by atoms with van der Waals surface area (Å²) >= 11 is 3.51. The predicted molar refractivity (Wildman–Crippen MR) is 87.6 cm³/mol. The minimum atomic E-state index is -0.216. The quantitative estimate of drug-likeness (QED) is 0.602. The highest BCUT2D eigenvalue weighted by molar-refractivity contribution is 9.10. The molecule has 0 radical (unpaired) electrons. The molecule has 0 saturated heterocycles. The lowest BCUT2D eigenvalue weighted by Gasteiger charge is -2.36. The fourth-order valence-electron chi connectivity index (χ4n) is 2.49. The maximum atomic E-state index is 5.79. The fraction of sp³-hybridized carbons (Fsp3) is 0.600. The molecule has 0 fully saturated rings. The van der Waals surface area contributed by atoms with Crippen LogP contribution in [0.5, 0.6) is 11.5 Å². The van der Waals surface area contributed by atoms with Gasteiger partial charge in [0.2, 0.25) is 0 Å². The molecule has 21 heavy (non-hydrogen) atoms. The van der Waals surface area contributed by atoms with Crippen molar-refractivity contribution in [1.29, 1.82) is 0 Å². The van der Waals surface area contributed by atoms with Crippen LogP contribution in [0.1, 0.15) is 32.4 Å². The van der Waals surface area contributed by atoms with E-state index in [9.17, 15) is 0 Å². The zero-order valence-electron chi connectivity index (χ0n) is 13.5. The molecule has 2 atom stereocenters. The maximum Gasteiger partial charge on any atom is 0.141 e. The van der Waals surface area contributed by atoms with Gasteiger partial charge in [0.05, 0.1) is 26.4 Å². The summed E-state index contributed by atoms with van der Waals surface area (Å²) in [7, 11) is 4.92. The SMILES string of the molecule is COc1ccc(C(NN)C(OC)C(C)(C)C)c(OC)c1Br. The van der Waals surface area contributed by atoms with Crippen molar-refractivity contribution in [2.45, 2.75) is 32.9 Å². The minimum Gasteiger partial charge on any atom is -0.495 e. The Labute approximate surface area is 135 Å². The third kappa shape index (κ3) is 3.88. The van der Waals surface area contributed by atoms with Crippen molar-refractivity contribution in [3.8, 4) is 11.5 Å². The minimum absolute atomic E-state index is 0.0940. The van der Waals surface area contributed by atoms with Gasteiger partial charge >= 0.3 is 0 Å². The van der Waals surface area contributed by atoms with Gasteiger partial charge in [-0.25, -0.2) is 0 Å². The summed E-state index contributed by atoms with van der Waals surface area (Å²) in [5, 5.41) is 0. The molecule has 0 aliphatic carbocycles. The summed E-state index contributed by atoms with van der Waals surface area (Å²) in [6.07, 6.45) is -0.128. The second kappa shape index (κ2) is 7.45. The van der Waals surface area contributed by atoms with Crippen molar-refractivity contribution in [2.24, 2.45) is 11.3 Å². The Hall–Kier alpha value is -0.820. The average molecular weight is 361 g/mol. The standard InChI is InChI=1S/C15H25BrN2O3/c1-15(2,3)14(21-6)12(18-17)9-7-8-10(19-4)11(16)13(9)20-5/h7-8,12,14,18H,17H2,1-6H3. The van der Waals surface area contributed by atoms with Gasteiger partial charge in [0.25, 0.3) is 0 Å². The number of nitrogens with one attached hydrogen (secondary N) is 1. The second-order valence-electron chi connectivity index (χ2n) is 5.87. The molecule has 1 aromatic rings. The van der Waals surface area contributed by atoms with Gasteiger partial charge in [0.1, 0.15) is 16.0 Å². The van der Waals surface area contributed by atoms with Crippen molar-refractivity contribution in [3.05, 3.63) is 22.2 Å². The van der Waals surface area contributed by atoms with Crippen LogP contribution in [0.25, 0.3) is 0 Å². The Morgan fingerprint density at radius 3 is 2.14 bits per heavy atom. The van der Waals surface area contributed by atoms with E-state index in [0.717, 1.165) is 10.0 Å². The molecule has 1 rings (SSSR count). The molecule has 3 N–H and O–H groups in total. The van der Waals surface area contributed by atoms with Crippen LogP contribution in [0, 0.1) is 5.41 Å². The summed E-state index contributed by atoms with van der Waals surface area (Å²) in [6, 6.07) is 3.60. The number of benzene rings is 1. The third-order valence-electron chi connectivity index (χ3n) is 3.44. The molecule has 0 aromatic heterocycles. The molecule has 0 heterocycles. The van der Waals surface area contributed by atoms with E-state index < -0.39 is 0 Å². The number of hydrogen-bond donors (Lipinski definition) is 2. The molecule has 0 spiro atoms. The predicted octanol–water partition coefficient (Wildman–Crippen LogP) is 3.03. The summed E-state index contributed by atoms with van der Waals surface area (Å²) < 4.78 is 17.3. The van der Waals surface area contributed by atoms with E-state index in [0.29, 0.717) is 11.5 Å². The molecule has 2 unspecified atom stereocenters. The first-order valence-electron chi connectivity index (χ1n) is 6.71. The molecule has 0 saturated carbocycles. The number of ether oxygens (including phenoxy) is 3. The fourth-order valence-corrected chi connectivity index (χ4v) is 3.18. The van der Waals surface area contributed by atoms with Crippen LogP contribution in [-0.4, -0.2) is 27.4 Å². The highest BCUT2D eigenvalue weighted by atomic mass is 79.9. The van der Waals surface area contributed by atoms with E-state index in [4.69, 9.17) is 20.1 Å². The van der Waals surface area contributed by atoms with Gasteiger partial charge in [0, 0.05) is 12.7 Å². The normalized spacial score (nSPS) is 14.7. The molecule has 120 valence electrons. The van der Waals surface area contributed by atoms with E-state index in [1.165, 1.54) is 0 Å². The molecule has 0 aliphatic rings. The first-order valence-corrected chi connectivity index (χ1v) is 7.50. The molecule has 1 aromatic carbocycles. The second-order valence-corrected chi connectivity index (χ2v) is 6.66. The molecule has 5 nitrogen and oxygen atoms in total. The van der Waals surface area contributed by atoms with Crippen LogP contribution >= 0.6 is 15.9 Å². The van der Waals surface area contributed by atoms with Crippen LogP contribution in [0.3, 0.4) is 0 Å². The highest BCUT2D eigenvalue weighted by Crippen LogP contribution is 2.42. The van der Waals surface area contributed by atoms with Gasteiger partial charge in [-0.05, 0) is 33.5 Å². The topological polar surface area (TPSA) is 65.7 Å². The van der Waals surface area contributed by atoms with Gasteiger partial charge < -0.3 is 14.2 Å². The number of methoxy groups -OCH3 is 3. The highest BCUT2D eigenvalue weighted by Gasteiger charge is 2.35. The Kier molecular flexibility index (Phi) is 6.46. The van der Waals surface area contributed by atoms with Crippen molar-refractivity contribution >= 4 is 15.9 Å². The Bertz CT molecular complexity index is 475. The van der Waals surface area contributed by atoms with Crippen LogP contribution in [0.4, 0.5) is 0 Å². The van der Waals surface area contributed by atoms with Crippen LogP contribution in [0.15, 0.2) is 16.6 Å². The first-order chi connectivity index (χ1) is 9.81. The van der Waals surface area contributed by atoms with E-state index in [1.807, 2.05) is 12.1 Å². The molecular formula is C15H25BrN2O3. The Morgan fingerprint density at radius 1 is 1.14 bits per heavy atom. The number of hydrazine groups is 1. The van der Waals surface area contributed by atoms with Crippen molar-refractivity contribution in [2.75, 3.05) is 21.3 Å². The lowest BCUT2D eigenvalue weighted by molar-refractivity contribution is -0.0125. The van der Waals surface area contributed by atoms with E-state index >= 15 is 0 Å². The molecule has 6 heteroatoms. The van der Waals surface area contributed by atoms with E-state index in [-0.39, 0.29) is 17.6 Å². The summed E-state index contributed by atoms with van der Waals surface area (Å²) in [5.74, 6) is 7.18. The van der Waals surface area contributed by atoms with E-state index in [2.05, 4.69) is 42.1 Å². The molecule has 0 bridgehead atoms. The van der Waals surface area contributed by atoms with E-state index in [1.54, 1.807) is 21.3 Å². The van der Waals surface area contributed by atoms with Gasteiger partial charge in [-0.2, -0.15) is 0 Å². The summed E-state index contributed by atoms with van der Waals surface area (Å²) in [5.41, 5.74) is 3.67. The van der Waals surface area contributed by atoms with Crippen LogP contribution in [0.2, 0.25) is 0 Å². The largest absolute Gasteiger partial charge is 0.495 e. The number of nitrogens with two attached hydrogens (primary N) is 1. The number of halogens is 1. The number of hydrogen-bond acceptors (Lipinski definition) is 5. The van der Waals surface area contributed by atoms with Crippen molar-refractivity contribution in [3.63, 3.8) is 0 Å². The van der Waals surface area contributed by atoms with Crippen molar-refractivity contribution < 1.29 is 14.2 Å². The van der Waals surface area contributed by atoms with Gasteiger partial charge in [-0.15, -0.1) is 0 Å². The van der Waals surface area contributed by atoms with Gasteiger partial charge in [0.15, 0.2) is 0 Å². The average Bonchev–Trinajstić information content (AvgIpc) is 2.42. The monoisotopic (exact) mass is 360 g/mol. The zero-order chi connectivity index (χ0) is 16.2. The van der Waals surface area contributed by atoms with Gasteiger partial charge in [-0.1, -0.05) is 20.8 Å². The van der Waals surface area contributed by atoms with Crippen LogP contribution < -0.4 is 20.7 Å². The Balaban J connectivity index is 3.38. The van der Waals surface area contributed by atoms with Gasteiger partial charge in [-0.3, -0.25) is 11.3 Å². The molecular weight excluding hydrogens is 336 g/mol. The molecule has 0 amide bonds. The maximum absolute atomic E-state index is 5.79. The molecule has 0 aliphatic heterocycles. The lowest BCUT2D eigenvalue weighted by atomic mass is 9.82. The first kappa shape index (κ1) is 18.2. The summed E-state index contributed by atoms with van der Waals surface area (Å²) in [6.45, 7) is 6.32. The van der Waals surface area contributed by atoms with Crippen LogP contribution in [-0.2, 0) is 4.74 Å². The lowest BCUT2D eigenvalue weighted by Crippen LogP contribution is -2.44. The third-order valence-corrected chi connectivity index (χ3v) is 4.19. The smallest absolute Gasteiger partial charge is 0.141 e.